The number of rotatable bonds is 4. The van der Waals surface area contributed by atoms with E-state index in [0.717, 1.165) is 5.56 Å². The van der Waals surface area contributed by atoms with Gasteiger partial charge >= 0.3 is 0 Å². The lowest BCUT2D eigenvalue weighted by Gasteiger charge is -2.09. The number of halogens is 1. The number of aryl methyl sites for hydroxylation is 1. The summed E-state index contributed by atoms with van der Waals surface area (Å²) in [6.07, 6.45) is 0. The monoisotopic (exact) mass is 310 g/mol. The highest BCUT2D eigenvalue weighted by Crippen LogP contribution is 2.21. The molecule has 0 aromatic heterocycles. The predicted octanol–water partition coefficient (Wildman–Crippen LogP) is 3.17. The molecular weight excluding hydrogens is 296 g/mol. The van der Waals surface area contributed by atoms with E-state index in [1.165, 1.54) is 0 Å². The fourth-order valence-corrected chi connectivity index (χ4v) is 3.13. The maximum Gasteiger partial charge on any atom is 0.236 e. The van der Waals surface area contributed by atoms with Crippen LogP contribution in [0.25, 0.3) is 0 Å². The Labute approximate surface area is 123 Å². The zero-order valence-corrected chi connectivity index (χ0v) is 12.5. The molecule has 0 spiro atoms. The molecule has 4 nitrogen and oxygen atoms in total. The fourth-order valence-electron chi connectivity index (χ4n) is 1.77. The first-order valence-corrected chi connectivity index (χ1v) is 8.00. The number of sulfonamides is 1. The van der Waals surface area contributed by atoms with Gasteiger partial charge in [-0.15, -0.1) is 0 Å². The van der Waals surface area contributed by atoms with Crippen molar-refractivity contribution in [3.05, 3.63) is 58.6 Å². The van der Waals surface area contributed by atoms with Crippen LogP contribution in [-0.4, -0.2) is 8.42 Å². The molecule has 6 heteroatoms. The van der Waals surface area contributed by atoms with Gasteiger partial charge in [0.25, 0.3) is 0 Å². The zero-order valence-electron chi connectivity index (χ0n) is 10.9. The third kappa shape index (κ3) is 3.88. The molecular formula is C14H15ClN2O2S. The van der Waals surface area contributed by atoms with E-state index in [1.54, 1.807) is 42.5 Å². The summed E-state index contributed by atoms with van der Waals surface area (Å²) in [5.74, 6) is -0.135. The first-order valence-electron chi connectivity index (χ1n) is 5.97. The second-order valence-corrected chi connectivity index (χ2v) is 6.70. The van der Waals surface area contributed by atoms with Crippen LogP contribution in [0.5, 0.6) is 0 Å². The quantitative estimate of drug-likeness (QED) is 0.852. The van der Waals surface area contributed by atoms with Gasteiger partial charge in [-0.25, -0.2) is 8.42 Å². The van der Waals surface area contributed by atoms with Gasteiger partial charge in [0.15, 0.2) is 0 Å². The smallest absolute Gasteiger partial charge is 0.236 e. The van der Waals surface area contributed by atoms with E-state index in [-0.39, 0.29) is 5.75 Å². The number of hydrogen-bond donors (Lipinski definition) is 2. The maximum absolute atomic E-state index is 12.1. The minimum Gasteiger partial charge on any atom is -0.399 e. The number of hydrogen-bond acceptors (Lipinski definition) is 3. The average molecular weight is 311 g/mol. The van der Waals surface area contributed by atoms with E-state index < -0.39 is 10.0 Å². The molecule has 2 aromatic rings. The van der Waals surface area contributed by atoms with E-state index in [1.807, 2.05) is 6.92 Å². The Morgan fingerprint density at radius 3 is 2.60 bits per heavy atom. The Morgan fingerprint density at radius 2 is 1.95 bits per heavy atom. The van der Waals surface area contributed by atoms with Crippen molar-refractivity contribution in [1.29, 1.82) is 0 Å². The molecule has 20 heavy (non-hydrogen) atoms. The van der Waals surface area contributed by atoms with Crippen LogP contribution >= 0.6 is 11.6 Å². The van der Waals surface area contributed by atoms with E-state index >= 15 is 0 Å². The van der Waals surface area contributed by atoms with E-state index in [2.05, 4.69) is 4.72 Å². The second kappa shape index (κ2) is 5.73. The molecule has 2 rings (SSSR count). The molecule has 0 bridgehead atoms. The maximum atomic E-state index is 12.1. The molecule has 0 unspecified atom stereocenters. The topological polar surface area (TPSA) is 72.2 Å². The van der Waals surface area contributed by atoms with Crippen molar-refractivity contribution < 1.29 is 8.42 Å². The van der Waals surface area contributed by atoms with Crippen molar-refractivity contribution in [3.8, 4) is 0 Å². The zero-order chi connectivity index (χ0) is 14.8. The standard InChI is InChI=1S/C14H15ClN2O2S/c1-10-5-6-13(8-14(10)15)17-20(18,19)9-11-3-2-4-12(16)7-11/h2-8,17H,9,16H2,1H3. The summed E-state index contributed by atoms with van der Waals surface area (Å²) in [5.41, 5.74) is 8.15. The summed E-state index contributed by atoms with van der Waals surface area (Å²) in [4.78, 5) is 0. The molecule has 0 fully saturated rings. The summed E-state index contributed by atoms with van der Waals surface area (Å²) in [5, 5.41) is 0.522. The summed E-state index contributed by atoms with van der Waals surface area (Å²) in [6.45, 7) is 1.85. The summed E-state index contributed by atoms with van der Waals surface area (Å²) in [7, 11) is -3.50. The summed E-state index contributed by atoms with van der Waals surface area (Å²) in [6, 6.07) is 11.8. The van der Waals surface area contributed by atoms with E-state index in [9.17, 15) is 8.42 Å². The Balaban J connectivity index is 2.17. The lowest BCUT2D eigenvalue weighted by atomic mass is 10.2. The van der Waals surface area contributed by atoms with E-state index in [4.69, 9.17) is 17.3 Å². The third-order valence-electron chi connectivity index (χ3n) is 2.75. The van der Waals surface area contributed by atoms with Crippen LogP contribution in [0.2, 0.25) is 5.02 Å². The molecule has 2 aromatic carbocycles. The van der Waals surface area contributed by atoms with Gasteiger partial charge < -0.3 is 5.73 Å². The van der Waals surface area contributed by atoms with Crippen LogP contribution in [-0.2, 0) is 15.8 Å². The molecule has 0 saturated heterocycles. The van der Waals surface area contributed by atoms with Gasteiger partial charge in [0.1, 0.15) is 0 Å². The van der Waals surface area contributed by atoms with Gasteiger partial charge in [0.2, 0.25) is 10.0 Å². The molecule has 0 heterocycles. The second-order valence-electron chi connectivity index (χ2n) is 4.57. The summed E-state index contributed by atoms with van der Waals surface area (Å²) < 4.78 is 26.7. The van der Waals surface area contributed by atoms with Crippen LogP contribution in [0.15, 0.2) is 42.5 Å². The highest BCUT2D eigenvalue weighted by atomic mass is 35.5. The molecule has 0 radical (unpaired) electrons. The third-order valence-corrected chi connectivity index (χ3v) is 4.42. The average Bonchev–Trinajstić information content (AvgIpc) is 2.33. The Kier molecular flexibility index (Phi) is 4.20. The molecule has 0 atom stereocenters. The van der Waals surface area contributed by atoms with Gasteiger partial charge in [-0.2, -0.15) is 0 Å². The number of anilines is 2. The molecule has 0 aliphatic carbocycles. The fraction of sp³-hybridized carbons (Fsp3) is 0.143. The molecule has 0 aliphatic rings. The van der Waals surface area contributed by atoms with Crippen molar-refractivity contribution >= 4 is 33.0 Å². The van der Waals surface area contributed by atoms with Gasteiger partial charge in [-0.05, 0) is 42.3 Å². The number of nitrogen functional groups attached to an aromatic ring is 1. The van der Waals surface area contributed by atoms with E-state index in [0.29, 0.717) is 22.0 Å². The molecule has 0 amide bonds. The van der Waals surface area contributed by atoms with Crippen molar-refractivity contribution in [2.24, 2.45) is 0 Å². The molecule has 106 valence electrons. The van der Waals surface area contributed by atoms with Crippen molar-refractivity contribution in [1.82, 2.24) is 0 Å². The largest absolute Gasteiger partial charge is 0.399 e. The van der Waals surface area contributed by atoms with Crippen molar-refractivity contribution in [2.75, 3.05) is 10.5 Å². The highest BCUT2D eigenvalue weighted by Gasteiger charge is 2.12. The van der Waals surface area contributed by atoms with Crippen LogP contribution in [0.3, 0.4) is 0 Å². The molecule has 0 saturated carbocycles. The van der Waals surface area contributed by atoms with Gasteiger partial charge in [0, 0.05) is 16.4 Å². The molecule has 0 aliphatic heterocycles. The number of nitrogens with one attached hydrogen (secondary N) is 1. The number of nitrogens with two attached hydrogens (primary N) is 1. The van der Waals surface area contributed by atoms with Crippen molar-refractivity contribution in [2.45, 2.75) is 12.7 Å². The molecule has 3 N–H and O–H groups in total. The predicted molar refractivity (Wildman–Crippen MR) is 83.3 cm³/mol. The van der Waals surface area contributed by atoms with Crippen molar-refractivity contribution in [3.63, 3.8) is 0 Å². The Morgan fingerprint density at radius 1 is 1.20 bits per heavy atom. The lowest BCUT2D eigenvalue weighted by Crippen LogP contribution is -2.15. The van der Waals surface area contributed by atoms with Gasteiger partial charge in [-0.3, -0.25) is 4.72 Å². The first-order chi connectivity index (χ1) is 9.35. The van der Waals surface area contributed by atoms with Gasteiger partial charge in [0.05, 0.1) is 5.75 Å². The van der Waals surface area contributed by atoms with Crippen LogP contribution in [0.4, 0.5) is 11.4 Å². The minimum atomic E-state index is -3.50. The summed E-state index contributed by atoms with van der Waals surface area (Å²) >= 11 is 5.97. The SMILES string of the molecule is Cc1ccc(NS(=O)(=O)Cc2cccc(N)c2)cc1Cl. The van der Waals surface area contributed by atoms with Crippen LogP contribution in [0.1, 0.15) is 11.1 Å². The Bertz CT molecular complexity index is 730. The number of benzene rings is 2. The Hall–Kier alpha value is -1.72. The normalized spacial score (nSPS) is 11.3. The van der Waals surface area contributed by atoms with Gasteiger partial charge in [-0.1, -0.05) is 29.8 Å². The minimum absolute atomic E-state index is 0.135. The lowest BCUT2D eigenvalue weighted by molar-refractivity contribution is 0.600. The first kappa shape index (κ1) is 14.7. The van der Waals surface area contributed by atoms with Crippen LogP contribution in [0, 0.1) is 6.92 Å². The highest BCUT2D eigenvalue weighted by molar-refractivity contribution is 7.91. The van der Waals surface area contributed by atoms with Crippen LogP contribution < -0.4 is 10.5 Å².